The highest BCUT2D eigenvalue weighted by Crippen LogP contribution is 2.13. The molecule has 1 atom stereocenters. The lowest BCUT2D eigenvalue weighted by molar-refractivity contribution is 0.0695. The van der Waals surface area contributed by atoms with Crippen LogP contribution in [0.5, 0.6) is 5.75 Å². The number of ether oxygens (including phenoxy) is 1. The van der Waals surface area contributed by atoms with Gasteiger partial charge in [0.1, 0.15) is 18.6 Å². The Morgan fingerprint density at radius 2 is 2.14 bits per heavy atom. The minimum atomic E-state index is -1.14. The standard InChI is InChI=1S/C16H17NO5/c1-10-4-3-5-13(6-10)21-8-11(2)17-15(18)14-7-12(9-22-14)16(19)20/h3-7,9,11H,8H2,1-2H3,(H,17,18)(H,19,20). The highest BCUT2D eigenvalue weighted by atomic mass is 16.5. The molecule has 0 fully saturated rings. The van der Waals surface area contributed by atoms with Gasteiger partial charge in [-0.05, 0) is 31.5 Å². The van der Waals surface area contributed by atoms with E-state index in [9.17, 15) is 9.59 Å². The molecule has 1 amide bonds. The molecule has 0 spiro atoms. The Labute approximate surface area is 127 Å². The van der Waals surface area contributed by atoms with Crippen molar-refractivity contribution in [2.24, 2.45) is 0 Å². The molecule has 1 heterocycles. The summed E-state index contributed by atoms with van der Waals surface area (Å²) in [5.41, 5.74) is 1.03. The minimum Gasteiger partial charge on any atom is -0.491 e. The average Bonchev–Trinajstić information content (AvgIpc) is 2.95. The van der Waals surface area contributed by atoms with E-state index in [1.54, 1.807) is 6.92 Å². The van der Waals surface area contributed by atoms with Crippen LogP contribution in [-0.2, 0) is 0 Å². The fraction of sp³-hybridized carbons (Fsp3) is 0.250. The molecule has 22 heavy (non-hydrogen) atoms. The molecule has 0 aliphatic heterocycles. The van der Waals surface area contributed by atoms with Gasteiger partial charge in [0.2, 0.25) is 0 Å². The SMILES string of the molecule is Cc1cccc(OCC(C)NC(=O)c2cc(C(=O)O)co2)c1. The van der Waals surface area contributed by atoms with E-state index in [0.29, 0.717) is 6.61 Å². The summed E-state index contributed by atoms with van der Waals surface area (Å²) in [6.45, 7) is 4.05. The Morgan fingerprint density at radius 1 is 1.36 bits per heavy atom. The van der Waals surface area contributed by atoms with E-state index in [-0.39, 0.29) is 17.4 Å². The second-order valence-corrected chi connectivity index (χ2v) is 5.01. The van der Waals surface area contributed by atoms with Gasteiger partial charge >= 0.3 is 5.97 Å². The molecule has 0 bridgehead atoms. The molecular weight excluding hydrogens is 286 g/mol. The largest absolute Gasteiger partial charge is 0.491 e. The molecule has 6 nitrogen and oxygen atoms in total. The quantitative estimate of drug-likeness (QED) is 0.856. The molecule has 2 rings (SSSR count). The zero-order chi connectivity index (χ0) is 16.1. The summed E-state index contributed by atoms with van der Waals surface area (Å²) in [7, 11) is 0. The molecule has 0 aliphatic carbocycles. The number of carbonyl (C=O) groups excluding carboxylic acids is 1. The number of aromatic carboxylic acids is 1. The van der Waals surface area contributed by atoms with Crippen LogP contribution in [-0.4, -0.2) is 29.6 Å². The first-order chi connectivity index (χ1) is 10.5. The van der Waals surface area contributed by atoms with Crippen molar-refractivity contribution in [3.8, 4) is 5.75 Å². The molecule has 0 aliphatic rings. The smallest absolute Gasteiger partial charge is 0.338 e. The second kappa shape index (κ2) is 6.80. The van der Waals surface area contributed by atoms with Crippen molar-refractivity contribution in [2.75, 3.05) is 6.61 Å². The summed E-state index contributed by atoms with van der Waals surface area (Å²) < 4.78 is 10.5. The Kier molecular flexibility index (Phi) is 4.83. The lowest BCUT2D eigenvalue weighted by Gasteiger charge is -2.14. The van der Waals surface area contributed by atoms with Gasteiger partial charge < -0.3 is 19.6 Å². The second-order valence-electron chi connectivity index (χ2n) is 5.01. The van der Waals surface area contributed by atoms with E-state index in [2.05, 4.69) is 5.32 Å². The van der Waals surface area contributed by atoms with Crippen LogP contribution in [0.25, 0.3) is 0 Å². The number of carboxylic acid groups (broad SMARTS) is 1. The maximum atomic E-state index is 11.9. The minimum absolute atomic E-state index is 0.0418. The molecule has 0 saturated carbocycles. The van der Waals surface area contributed by atoms with Crippen LogP contribution in [0.4, 0.5) is 0 Å². The molecule has 2 aromatic rings. The summed E-state index contributed by atoms with van der Waals surface area (Å²) in [6, 6.07) is 8.53. The fourth-order valence-corrected chi connectivity index (χ4v) is 1.83. The number of carboxylic acids is 1. The maximum absolute atomic E-state index is 11.9. The van der Waals surface area contributed by atoms with E-state index in [1.807, 2.05) is 31.2 Å². The van der Waals surface area contributed by atoms with Crippen LogP contribution in [0, 0.1) is 6.92 Å². The fourth-order valence-electron chi connectivity index (χ4n) is 1.83. The molecule has 0 radical (unpaired) electrons. The van der Waals surface area contributed by atoms with Gasteiger partial charge in [0, 0.05) is 6.07 Å². The highest BCUT2D eigenvalue weighted by molar-refractivity contribution is 5.95. The van der Waals surface area contributed by atoms with Crippen molar-refractivity contribution in [3.63, 3.8) is 0 Å². The van der Waals surface area contributed by atoms with Gasteiger partial charge in [-0.25, -0.2) is 4.79 Å². The van der Waals surface area contributed by atoms with Crippen molar-refractivity contribution in [1.82, 2.24) is 5.32 Å². The average molecular weight is 303 g/mol. The Hall–Kier alpha value is -2.76. The molecule has 1 unspecified atom stereocenters. The monoisotopic (exact) mass is 303 g/mol. The molecule has 2 N–H and O–H groups in total. The lowest BCUT2D eigenvalue weighted by atomic mass is 10.2. The van der Waals surface area contributed by atoms with Gasteiger partial charge in [-0.2, -0.15) is 0 Å². The first kappa shape index (κ1) is 15.6. The van der Waals surface area contributed by atoms with Gasteiger partial charge in [-0.1, -0.05) is 12.1 Å². The lowest BCUT2D eigenvalue weighted by Crippen LogP contribution is -2.36. The normalized spacial score (nSPS) is 11.7. The Balaban J connectivity index is 1.86. The van der Waals surface area contributed by atoms with Crippen molar-refractivity contribution in [2.45, 2.75) is 19.9 Å². The first-order valence-electron chi connectivity index (χ1n) is 6.78. The van der Waals surface area contributed by atoms with Gasteiger partial charge in [0.15, 0.2) is 5.76 Å². The number of hydrogen-bond acceptors (Lipinski definition) is 4. The van der Waals surface area contributed by atoms with Crippen LogP contribution in [0.2, 0.25) is 0 Å². The first-order valence-corrected chi connectivity index (χ1v) is 6.78. The van der Waals surface area contributed by atoms with E-state index < -0.39 is 11.9 Å². The van der Waals surface area contributed by atoms with Crippen LogP contribution >= 0.6 is 0 Å². The zero-order valence-electron chi connectivity index (χ0n) is 12.3. The number of aryl methyl sites for hydroxylation is 1. The van der Waals surface area contributed by atoms with Crippen LogP contribution < -0.4 is 10.1 Å². The molecule has 0 saturated heterocycles. The van der Waals surface area contributed by atoms with Crippen molar-refractivity contribution in [3.05, 3.63) is 53.5 Å². The topological polar surface area (TPSA) is 88.8 Å². The third-order valence-electron chi connectivity index (χ3n) is 2.94. The van der Waals surface area contributed by atoms with Gasteiger partial charge in [-0.3, -0.25) is 4.79 Å². The van der Waals surface area contributed by atoms with Crippen LogP contribution in [0.1, 0.15) is 33.4 Å². The molecule has 1 aromatic carbocycles. The van der Waals surface area contributed by atoms with E-state index in [4.69, 9.17) is 14.3 Å². The predicted molar refractivity (Wildman–Crippen MR) is 79.3 cm³/mol. The van der Waals surface area contributed by atoms with Crippen LogP contribution in [0.3, 0.4) is 0 Å². The molecule has 116 valence electrons. The zero-order valence-corrected chi connectivity index (χ0v) is 12.3. The molecule has 6 heteroatoms. The maximum Gasteiger partial charge on any atom is 0.338 e. The third kappa shape index (κ3) is 4.12. The highest BCUT2D eigenvalue weighted by Gasteiger charge is 2.16. The number of hydrogen-bond donors (Lipinski definition) is 2. The van der Waals surface area contributed by atoms with Crippen molar-refractivity contribution in [1.29, 1.82) is 0 Å². The summed E-state index contributed by atoms with van der Waals surface area (Å²) in [5.74, 6) is -0.932. The number of furan rings is 1. The molecule has 1 aromatic heterocycles. The Bertz CT molecular complexity index is 677. The molecular formula is C16H17NO5. The van der Waals surface area contributed by atoms with E-state index >= 15 is 0 Å². The number of amides is 1. The summed E-state index contributed by atoms with van der Waals surface area (Å²) >= 11 is 0. The number of rotatable bonds is 6. The van der Waals surface area contributed by atoms with E-state index in [0.717, 1.165) is 17.6 Å². The van der Waals surface area contributed by atoms with Gasteiger partial charge in [-0.15, -0.1) is 0 Å². The third-order valence-corrected chi connectivity index (χ3v) is 2.94. The van der Waals surface area contributed by atoms with Crippen molar-refractivity contribution >= 4 is 11.9 Å². The van der Waals surface area contributed by atoms with Gasteiger partial charge in [0.25, 0.3) is 5.91 Å². The van der Waals surface area contributed by atoms with Gasteiger partial charge in [0.05, 0.1) is 11.6 Å². The predicted octanol–water partition coefficient (Wildman–Crippen LogP) is 2.48. The summed E-state index contributed by atoms with van der Waals surface area (Å²) in [4.78, 5) is 22.6. The summed E-state index contributed by atoms with van der Waals surface area (Å²) in [6.07, 6.45) is 1.03. The number of carbonyl (C=O) groups is 2. The van der Waals surface area contributed by atoms with Crippen LogP contribution in [0.15, 0.2) is 41.0 Å². The number of benzene rings is 1. The van der Waals surface area contributed by atoms with E-state index in [1.165, 1.54) is 6.07 Å². The summed E-state index contributed by atoms with van der Waals surface area (Å²) in [5, 5.41) is 11.5. The Morgan fingerprint density at radius 3 is 2.77 bits per heavy atom. The van der Waals surface area contributed by atoms with Crippen molar-refractivity contribution < 1.29 is 23.8 Å². The number of nitrogens with one attached hydrogen (secondary N) is 1.